The summed E-state index contributed by atoms with van der Waals surface area (Å²) in [6.07, 6.45) is 0. The van der Waals surface area contributed by atoms with Gasteiger partial charge in [0.05, 0.1) is 11.0 Å². The molecular weight excluding hydrogens is 332 g/mol. The zero-order valence-electron chi connectivity index (χ0n) is 15.1. The van der Waals surface area contributed by atoms with Gasteiger partial charge in [-0.1, -0.05) is 23.8 Å². The van der Waals surface area contributed by atoms with Crippen molar-refractivity contribution in [2.24, 2.45) is 0 Å². The summed E-state index contributed by atoms with van der Waals surface area (Å²) in [5.41, 5.74) is 5.01. The number of carbonyl (C=O) groups excluding carboxylic acids is 2. The fourth-order valence-corrected chi connectivity index (χ4v) is 2.86. The molecule has 0 heterocycles. The first-order valence-corrected chi connectivity index (χ1v) is 9.26. The number of thioether (sulfide) groups is 1. The highest BCUT2D eigenvalue weighted by Crippen LogP contribution is 2.18. The van der Waals surface area contributed by atoms with Gasteiger partial charge in [-0.15, -0.1) is 11.8 Å². The minimum atomic E-state index is -0.314. The Morgan fingerprint density at radius 1 is 0.920 bits per heavy atom. The number of benzene rings is 2. The van der Waals surface area contributed by atoms with Crippen LogP contribution in [-0.4, -0.2) is 22.8 Å². The van der Waals surface area contributed by atoms with E-state index in [1.54, 1.807) is 6.92 Å². The van der Waals surface area contributed by atoms with Crippen molar-refractivity contribution >= 4 is 35.0 Å². The van der Waals surface area contributed by atoms with Gasteiger partial charge in [0.25, 0.3) is 0 Å². The molecule has 0 spiro atoms. The molecule has 2 amide bonds. The summed E-state index contributed by atoms with van der Waals surface area (Å²) in [5.74, 6) is 0.0196. The molecule has 0 aliphatic carbocycles. The highest BCUT2D eigenvalue weighted by atomic mass is 32.2. The Morgan fingerprint density at radius 2 is 1.56 bits per heavy atom. The molecule has 5 heteroatoms. The first-order valence-electron chi connectivity index (χ1n) is 8.21. The fourth-order valence-electron chi connectivity index (χ4n) is 2.17. The van der Waals surface area contributed by atoms with E-state index in [-0.39, 0.29) is 22.8 Å². The van der Waals surface area contributed by atoms with Crippen molar-refractivity contribution in [3.63, 3.8) is 0 Å². The van der Waals surface area contributed by atoms with Gasteiger partial charge in [-0.2, -0.15) is 0 Å². The maximum Gasteiger partial charge on any atom is 0.237 e. The Kier molecular flexibility index (Phi) is 6.65. The molecule has 0 saturated heterocycles. The van der Waals surface area contributed by atoms with Crippen LogP contribution in [0.1, 0.15) is 23.6 Å². The van der Waals surface area contributed by atoms with Gasteiger partial charge in [0.1, 0.15) is 0 Å². The van der Waals surface area contributed by atoms with E-state index in [2.05, 4.69) is 10.6 Å². The lowest BCUT2D eigenvalue weighted by atomic mass is 10.1. The van der Waals surface area contributed by atoms with Crippen molar-refractivity contribution < 1.29 is 9.59 Å². The van der Waals surface area contributed by atoms with Gasteiger partial charge in [-0.05, 0) is 63.1 Å². The SMILES string of the molecule is Cc1ccc(NC(=O)CS[C@H](C)C(=O)Nc2ccc(C)c(C)c2)cc1. The highest BCUT2D eigenvalue weighted by molar-refractivity contribution is 8.01. The molecule has 0 fully saturated rings. The number of carbonyl (C=O) groups is 2. The maximum absolute atomic E-state index is 12.3. The van der Waals surface area contributed by atoms with Crippen LogP contribution in [0.5, 0.6) is 0 Å². The lowest BCUT2D eigenvalue weighted by Gasteiger charge is -2.13. The van der Waals surface area contributed by atoms with Crippen molar-refractivity contribution in [1.82, 2.24) is 0 Å². The summed E-state index contributed by atoms with van der Waals surface area (Å²) in [4.78, 5) is 24.3. The third-order valence-corrected chi connectivity index (χ3v) is 5.09. The van der Waals surface area contributed by atoms with Gasteiger partial charge in [0.15, 0.2) is 0 Å². The van der Waals surface area contributed by atoms with E-state index in [1.807, 2.05) is 63.2 Å². The molecule has 2 N–H and O–H groups in total. The van der Waals surface area contributed by atoms with Gasteiger partial charge in [0, 0.05) is 11.4 Å². The number of hydrogen-bond acceptors (Lipinski definition) is 3. The molecular formula is C20H24N2O2S. The average Bonchev–Trinajstić information content (AvgIpc) is 2.58. The number of aryl methyl sites for hydroxylation is 3. The maximum atomic E-state index is 12.3. The minimum absolute atomic E-state index is 0.101. The predicted molar refractivity (Wildman–Crippen MR) is 106 cm³/mol. The van der Waals surface area contributed by atoms with Crippen LogP contribution < -0.4 is 10.6 Å². The largest absolute Gasteiger partial charge is 0.325 e. The van der Waals surface area contributed by atoms with Crippen LogP contribution in [0.15, 0.2) is 42.5 Å². The smallest absolute Gasteiger partial charge is 0.237 e. The first kappa shape index (κ1) is 19.1. The molecule has 0 aromatic heterocycles. The lowest BCUT2D eigenvalue weighted by Crippen LogP contribution is -2.25. The summed E-state index contributed by atoms with van der Waals surface area (Å²) < 4.78 is 0. The molecule has 4 nitrogen and oxygen atoms in total. The third-order valence-electron chi connectivity index (χ3n) is 3.94. The fraction of sp³-hybridized carbons (Fsp3) is 0.300. The van der Waals surface area contributed by atoms with Crippen LogP contribution in [-0.2, 0) is 9.59 Å². The molecule has 132 valence electrons. The monoisotopic (exact) mass is 356 g/mol. The number of anilines is 2. The second kappa shape index (κ2) is 8.72. The summed E-state index contributed by atoms with van der Waals surface area (Å²) in [7, 11) is 0. The molecule has 2 rings (SSSR count). The van der Waals surface area contributed by atoms with Crippen molar-refractivity contribution in [1.29, 1.82) is 0 Å². The van der Waals surface area contributed by atoms with Gasteiger partial charge >= 0.3 is 0 Å². The lowest BCUT2D eigenvalue weighted by molar-refractivity contribution is -0.115. The van der Waals surface area contributed by atoms with Crippen molar-refractivity contribution in [3.8, 4) is 0 Å². The van der Waals surface area contributed by atoms with Gasteiger partial charge in [-0.3, -0.25) is 9.59 Å². The van der Waals surface area contributed by atoms with Crippen LogP contribution in [0.2, 0.25) is 0 Å². The van der Waals surface area contributed by atoms with E-state index in [0.29, 0.717) is 0 Å². The van der Waals surface area contributed by atoms with Crippen LogP contribution >= 0.6 is 11.8 Å². The van der Waals surface area contributed by atoms with Gasteiger partial charge in [0.2, 0.25) is 11.8 Å². The first-order chi connectivity index (χ1) is 11.8. The Hall–Kier alpha value is -2.27. The second-order valence-electron chi connectivity index (χ2n) is 6.16. The van der Waals surface area contributed by atoms with Crippen LogP contribution in [0.3, 0.4) is 0 Å². The normalized spacial score (nSPS) is 11.7. The van der Waals surface area contributed by atoms with Crippen LogP contribution in [0, 0.1) is 20.8 Å². The zero-order valence-corrected chi connectivity index (χ0v) is 15.9. The van der Waals surface area contributed by atoms with E-state index in [1.165, 1.54) is 17.3 Å². The Bertz CT molecular complexity index is 757. The quantitative estimate of drug-likeness (QED) is 0.811. The molecule has 2 aromatic carbocycles. The molecule has 0 aliphatic heterocycles. The van der Waals surface area contributed by atoms with E-state index in [0.717, 1.165) is 22.5 Å². The van der Waals surface area contributed by atoms with Crippen LogP contribution in [0.25, 0.3) is 0 Å². The van der Waals surface area contributed by atoms with Gasteiger partial charge in [-0.25, -0.2) is 0 Å². The Labute approximate surface area is 153 Å². The highest BCUT2D eigenvalue weighted by Gasteiger charge is 2.15. The van der Waals surface area contributed by atoms with Crippen LogP contribution in [0.4, 0.5) is 11.4 Å². The molecule has 0 radical (unpaired) electrons. The van der Waals surface area contributed by atoms with Crippen molar-refractivity contribution in [3.05, 3.63) is 59.2 Å². The summed E-state index contributed by atoms with van der Waals surface area (Å²) in [6.45, 7) is 7.85. The minimum Gasteiger partial charge on any atom is -0.325 e. The number of hydrogen-bond donors (Lipinski definition) is 2. The average molecular weight is 356 g/mol. The molecule has 0 unspecified atom stereocenters. The number of rotatable bonds is 6. The van der Waals surface area contributed by atoms with E-state index in [9.17, 15) is 9.59 Å². The summed E-state index contributed by atoms with van der Waals surface area (Å²) in [5, 5.41) is 5.42. The molecule has 0 bridgehead atoms. The third kappa shape index (κ3) is 5.94. The van der Waals surface area contributed by atoms with Crippen molar-refractivity contribution in [2.75, 3.05) is 16.4 Å². The molecule has 0 saturated carbocycles. The van der Waals surface area contributed by atoms with Gasteiger partial charge < -0.3 is 10.6 Å². The molecule has 2 aromatic rings. The second-order valence-corrected chi connectivity index (χ2v) is 7.48. The molecule has 0 aliphatic rings. The standard InChI is InChI=1S/C20H24N2O2S/c1-13-5-8-17(9-6-13)21-19(23)12-25-16(4)20(24)22-18-10-7-14(2)15(3)11-18/h5-11,16H,12H2,1-4H3,(H,21,23)(H,22,24)/t16-/m1/s1. The zero-order chi connectivity index (χ0) is 18.4. The molecule has 1 atom stereocenters. The van der Waals surface area contributed by atoms with E-state index in [4.69, 9.17) is 0 Å². The van der Waals surface area contributed by atoms with Crippen molar-refractivity contribution in [2.45, 2.75) is 32.9 Å². The summed E-state index contributed by atoms with van der Waals surface area (Å²) >= 11 is 1.32. The van der Waals surface area contributed by atoms with E-state index < -0.39 is 0 Å². The summed E-state index contributed by atoms with van der Waals surface area (Å²) in [6, 6.07) is 13.5. The van der Waals surface area contributed by atoms with E-state index >= 15 is 0 Å². The molecule has 25 heavy (non-hydrogen) atoms. The number of amides is 2. The topological polar surface area (TPSA) is 58.2 Å². The Balaban J connectivity index is 1.81. The number of nitrogens with one attached hydrogen (secondary N) is 2. The predicted octanol–water partition coefficient (Wildman–Crippen LogP) is 4.31. The Morgan fingerprint density at radius 3 is 2.20 bits per heavy atom.